The van der Waals surface area contributed by atoms with Crippen molar-refractivity contribution in [1.29, 1.82) is 0 Å². The zero-order valence-electron chi connectivity index (χ0n) is 13.5. The van der Waals surface area contributed by atoms with E-state index in [1.807, 2.05) is 30.5 Å². The molecule has 0 bridgehead atoms. The predicted molar refractivity (Wildman–Crippen MR) is 88.2 cm³/mol. The summed E-state index contributed by atoms with van der Waals surface area (Å²) in [6, 6.07) is 8.48. The van der Waals surface area contributed by atoms with Crippen LogP contribution in [0.2, 0.25) is 0 Å². The van der Waals surface area contributed by atoms with Gasteiger partial charge in [0.2, 0.25) is 0 Å². The van der Waals surface area contributed by atoms with Crippen LogP contribution in [0.25, 0.3) is 11.0 Å². The van der Waals surface area contributed by atoms with Crippen LogP contribution in [0.5, 0.6) is 0 Å². The molecule has 0 amide bonds. The van der Waals surface area contributed by atoms with Gasteiger partial charge in [-0.1, -0.05) is 26.0 Å². The lowest BCUT2D eigenvalue weighted by Gasteiger charge is -2.24. The van der Waals surface area contributed by atoms with Gasteiger partial charge in [0.1, 0.15) is 0 Å². The molecule has 0 spiro atoms. The van der Waals surface area contributed by atoms with Crippen LogP contribution in [0, 0.1) is 5.92 Å². The SMILES string of the molecule is CC(C)CC(CN(C)C)NCc1cnc2ccccc2n1. The first kappa shape index (κ1) is 15.9. The summed E-state index contributed by atoms with van der Waals surface area (Å²) in [6.07, 6.45) is 3.04. The Labute approximate surface area is 127 Å². The number of hydrogen-bond acceptors (Lipinski definition) is 4. The van der Waals surface area contributed by atoms with E-state index in [1.54, 1.807) is 0 Å². The Kier molecular flexibility index (Phi) is 5.65. The minimum absolute atomic E-state index is 0.480. The molecule has 1 aromatic heterocycles. The zero-order chi connectivity index (χ0) is 15.2. The van der Waals surface area contributed by atoms with Crippen molar-refractivity contribution in [2.24, 2.45) is 5.92 Å². The molecule has 1 atom stereocenters. The van der Waals surface area contributed by atoms with Gasteiger partial charge in [-0.25, -0.2) is 4.98 Å². The summed E-state index contributed by atoms with van der Waals surface area (Å²) in [5.74, 6) is 0.685. The van der Waals surface area contributed by atoms with Gasteiger partial charge < -0.3 is 10.2 Å². The highest BCUT2D eigenvalue weighted by atomic mass is 15.1. The van der Waals surface area contributed by atoms with E-state index >= 15 is 0 Å². The Bertz CT molecular complexity index is 555. The van der Waals surface area contributed by atoms with Gasteiger partial charge in [-0.2, -0.15) is 0 Å². The molecule has 21 heavy (non-hydrogen) atoms. The van der Waals surface area contributed by atoms with E-state index < -0.39 is 0 Å². The molecular formula is C17H26N4. The fourth-order valence-electron chi connectivity index (χ4n) is 2.56. The fraction of sp³-hybridized carbons (Fsp3) is 0.529. The van der Waals surface area contributed by atoms with Crippen LogP contribution in [-0.2, 0) is 6.54 Å². The first-order valence-electron chi connectivity index (χ1n) is 7.63. The number of rotatable bonds is 7. The molecule has 0 aliphatic rings. The second-order valence-electron chi connectivity index (χ2n) is 6.32. The summed E-state index contributed by atoms with van der Waals surface area (Å²) in [4.78, 5) is 11.4. The van der Waals surface area contributed by atoms with Crippen molar-refractivity contribution in [3.8, 4) is 0 Å². The van der Waals surface area contributed by atoms with E-state index in [1.165, 1.54) is 6.42 Å². The van der Waals surface area contributed by atoms with Crippen molar-refractivity contribution in [1.82, 2.24) is 20.2 Å². The molecule has 2 aromatic rings. The Balaban J connectivity index is 2.00. The largest absolute Gasteiger partial charge is 0.308 e. The van der Waals surface area contributed by atoms with E-state index in [4.69, 9.17) is 0 Å². The number of aromatic nitrogens is 2. The number of nitrogens with zero attached hydrogens (tertiary/aromatic N) is 3. The molecule has 1 aromatic carbocycles. The van der Waals surface area contributed by atoms with E-state index in [2.05, 4.69) is 48.1 Å². The third kappa shape index (κ3) is 5.06. The van der Waals surface area contributed by atoms with E-state index in [0.29, 0.717) is 12.0 Å². The van der Waals surface area contributed by atoms with E-state index in [9.17, 15) is 0 Å². The molecule has 0 saturated heterocycles. The highest BCUT2D eigenvalue weighted by Crippen LogP contribution is 2.10. The van der Waals surface area contributed by atoms with Crippen LogP contribution in [0.1, 0.15) is 26.0 Å². The van der Waals surface area contributed by atoms with Crippen LogP contribution in [0.3, 0.4) is 0 Å². The zero-order valence-corrected chi connectivity index (χ0v) is 13.5. The maximum Gasteiger partial charge on any atom is 0.0890 e. The molecule has 0 aliphatic carbocycles. The summed E-state index contributed by atoms with van der Waals surface area (Å²) in [7, 11) is 4.23. The molecule has 0 saturated carbocycles. The molecule has 0 aliphatic heterocycles. The van der Waals surface area contributed by atoms with Gasteiger partial charge in [-0.3, -0.25) is 4.98 Å². The third-order valence-corrected chi connectivity index (χ3v) is 3.41. The quantitative estimate of drug-likeness (QED) is 0.849. The van der Waals surface area contributed by atoms with E-state index in [-0.39, 0.29) is 0 Å². The number of hydrogen-bond donors (Lipinski definition) is 1. The van der Waals surface area contributed by atoms with E-state index in [0.717, 1.165) is 29.8 Å². The summed E-state index contributed by atoms with van der Waals surface area (Å²) < 4.78 is 0. The first-order chi connectivity index (χ1) is 10.0. The molecule has 2 rings (SSSR count). The van der Waals surface area contributed by atoms with Gasteiger partial charge in [0.15, 0.2) is 0 Å². The molecule has 4 heteroatoms. The molecule has 1 N–H and O–H groups in total. The summed E-state index contributed by atoms with van der Waals surface area (Å²) in [5.41, 5.74) is 2.92. The lowest BCUT2D eigenvalue weighted by molar-refractivity contribution is 0.304. The van der Waals surface area contributed by atoms with Crippen LogP contribution in [0.15, 0.2) is 30.5 Å². The molecule has 4 nitrogen and oxygen atoms in total. The third-order valence-electron chi connectivity index (χ3n) is 3.41. The van der Waals surface area contributed by atoms with Crippen LogP contribution >= 0.6 is 0 Å². The van der Waals surface area contributed by atoms with Crippen molar-refractivity contribution in [3.63, 3.8) is 0 Å². The second kappa shape index (κ2) is 7.48. The summed E-state index contributed by atoms with van der Waals surface area (Å²) >= 11 is 0. The van der Waals surface area contributed by atoms with Crippen molar-refractivity contribution in [2.75, 3.05) is 20.6 Å². The monoisotopic (exact) mass is 286 g/mol. The Morgan fingerprint density at radius 3 is 2.52 bits per heavy atom. The Hall–Kier alpha value is -1.52. The molecule has 0 radical (unpaired) electrons. The summed E-state index contributed by atoms with van der Waals surface area (Å²) in [5, 5.41) is 3.62. The van der Waals surface area contributed by atoms with Crippen molar-refractivity contribution >= 4 is 11.0 Å². The van der Waals surface area contributed by atoms with Gasteiger partial charge in [-0.05, 0) is 38.6 Å². The van der Waals surface area contributed by atoms with Crippen molar-refractivity contribution < 1.29 is 0 Å². The molecule has 1 unspecified atom stereocenters. The van der Waals surface area contributed by atoms with Gasteiger partial charge in [0.25, 0.3) is 0 Å². The highest BCUT2D eigenvalue weighted by molar-refractivity contribution is 5.73. The average Bonchev–Trinajstić information content (AvgIpc) is 2.43. The first-order valence-corrected chi connectivity index (χ1v) is 7.63. The predicted octanol–water partition coefficient (Wildman–Crippen LogP) is 2.70. The topological polar surface area (TPSA) is 41.0 Å². The van der Waals surface area contributed by atoms with Gasteiger partial charge >= 0.3 is 0 Å². The average molecular weight is 286 g/mol. The van der Waals surface area contributed by atoms with Gasteiger partial charge in [0.05, 0.1) is 22.9 Å². The van der Waals surface area contributed by atoms with Crippen LogP contribution < -0.4 is 5.32 Å². The van der Waals surface area contributed by atoms with Gasteiger partial charge in [-0.15, -0.1) is 0 Å². The normalized spacial score (nSPS) is 13.2. The standard InChI is InChI=1S/C17H26N4/c1-13(2)9-14(12-21(3)4)18-10-15-11-19-16-7-5-6-8-17(16)20-15/h5-8,11,13-14,18H,9-10,12H2,1-4H3. The summed E-state index contributed by atoms with van der Waals surface area (Å²) in [6.45, 7) is 6.34. The maximum absolute atomic E-state index is 4.67. The van der Waals surface area contributed by atoms with Crippen LogP contribution in [0.4, 0.5) is 0 Å². The van der Waals surface area contributed by atoms with Crippen molar-refractivity contribution in [2.45, 2.75) is 32.9 Å². The number of fused-ring (bicyclic) bond motifs is 1. The smallest absolute Gasteiger partial charge is 0.0890 e. The second-order valence-corrected chi connectivity index (χ2v) is 6.32. The fourth-order valence-corrected chi connectivity index (χ4v) is 2.56. The molecular weight excluding hydrogens is 260 g/mol. The molecule has 0 fully saturated rings. The molecule has 114 valence electrons. The number of benzene rings is 1. The van der Waals surface area contributed by atoms with Gasteiger partial charge in [0, 0.05) is 19.1 Å². The maximum atomic E-state index is 4.67. The lowest BCUT2D eigenvalue weighted by Crippen LogP contribution is -2.39. The lowest BCUT2D eigenvalue weighted by atomic mass is 10.0. The number of para-hydroxylation sites is 2. The highest BCUT2D eigenvalue weighted by Gasteiger charge is 2.12. The number of likely N-dealkylation sites (N-methyl/N-ethyl adjacent to an activating group) is 1. The van der Waals surface area contributed by atoms with Crippen LogP contribution in [-0.4, -0.2) is 41.5 Å². The Morgan fingerprint density at radius 2 is 1.86 bits per heavy atom. The minimum Gasteiger partial charge on any atom is -0.308 e. The minimum atomic E-state index is 0.480. The number of nitrogens with one attached hydrogen (secondary N) is 1. The Morgan fingerprint density at radius 1 is 1.14 bits per heavy atom. The van der Waals surface area contributed by atoms with Crippen molar-refractivity contribution in [3.05, 3.63) is 36.2 Å². The molecule has 1 heterocycles.